The predicted octanol–water partition coefficient (Wildman–Crippen LogP) is 10.1. The summed E-state index contributed by atoms with van der Waals surface area (Å²) in [7, 11) is 0. The van der Waals surface area contributed by atoms with Crippen LogP contribution in [0.1, 0.15) is 69.8 Å². The van der Waals surface area contributed by atoms with Gasteiger partial charge in [0.1, 0.15) is 5.82 Å². The molecular weight excluding hydrogens is 471 g/mol. The maximum Gasteiger partial charge on any atom is 0.573 e. The van der Waals surface area contributed by atoms with Crippen molar-refractivity contribution >= 4 is 0 Å². The van der Waals surface area contributed by atoms with Crippen molar-refractivity contribution in [3.05, 3.63) is 77.9 Å². The van der Waals surface area contributed by atoms with Crippen molar-refractivity contribution in [3.63, 3.8) is 0 Å². The molecule has 36 heavy (non-hydrogen) atoms. The highest BCUT2D eigenvalue weighted by atomic mass is 19.4. The summed E-state index contributed by atoms with van der Waals surface area (Å²) in [4.78, 5) is 0. The number of benzene rings is 3. The molecule has 0 saturated heterocycles. The zero-order chi connectivity index (χ0) is 25.7. The third-order valence-corrected chi connectivity index (χ3v) is 7.22. The number of unbranched alkanes of at least 4 members (excludes halogenated alkanes) is 2. The lowest BCUT2D eigenvalue weighted by atomic mass is 9.77. The fourth-order valence-corrected chi connectivity index (χ4v) is 5.22. The number of alkyl halides is 3. The van der Waals surface area contributed by atoms with Crippen molar-refractivity contribution in [2.75, 3.05) is 0 Å². The van der Waals surface area contributed by atoms with Gasteiger partial charge in [-0.15, -0.1) is 13.2 Å². The molecule has 1 fully saturated rings. The van der Waals surface area contributed by atoms with E-state index < -0.39 is 23.7 Å². The van der Waals surface area contributed by atoms with Gasteiger partial charge in [0.25, 0.3) is 0 Å². The highest BCUT2D eigenvalue weighted by molar-refractivity contribution is 5.71. The molecule has 0 aliphatic heterocycles. The monoisotopic (exact) mass is 502 g/mol. The third kappa shape index (κ3) is 6.65. The van der Waals surface area contributed by atoms with E-state index in [0.29, 0.717) is 11.5 Å². The molecule has 0 spiro atoms. The SMILES string of the molecule is CCCCCC1CCC(c2ccc(-c3ccc(-c4ccc(OC(F)(F)F)c(F)c4)c(F)c3)cc2)CC1. The van der Waals surface area contributed by atoms with E-state index in [1.54, 1.807) is 6.07 Å². The van der Waals surface area contributed by atoms with E-state index in [2.05, 4.69) is 23.8 Å². The number of rotatable bonds is 8. The Bertz CT molecular complexity index is 1140. The summed E-state index contributed by atoms with van der Waals surface area (Å²) < 4.78 is 69.7. The van der Waals surface area contributed by atoms with Gasteiger partial charge in [0.2, 0.25) is 0 Å². The van der Waals surface area contributed by atoms with Crippen molar-refractivity contribution in [2.45, 2.75) is 70.6 Å². The van der Waals surface area contributed by atoms with Crippen molar-refractivity contribution in [2.24, 2.45) is 5.92 Å². The van der Waals surface area contributed by atoms with Crippen LogP contribution in [0.5, 0.6) is 5.75 Å². The molecular formula is C30H31F5O. The molecule has 0 N–H and O–H groups in total. The van der Waals surface area contributed by atoms with E-state index in [9.17, 15) is 22.0 Å². The summed E-state index contributed by atoms with van der Waals surface area (Å²) in [6, 6.07) is 15.7. The van der Waals surface area contributed by atoms with Gasteiger partial charge in [0.15, 0.2) is 11.6 Å². The van der Waals surface area contributed by atoms with Crippen LogP contribution in [-0.4, -0.2) is 6.36 Å². The Hall–Kier alpha value is -2.89. The van der Waals surface area contributed by atoms with E-state index in [1.165, 1.54) is 75.1 Å². The van der Waals surface area contributed by atoms with Gasteiger partial charge in [-0.1, -0.05) is 75.1 Å². The lowest BCUT2D eigenvalue weighted by Crippen LogP contribution is -2.17. The minimum absolute atomic E-state index is 0.100. The third-order valence-electron chi connectivity index (χ3n) is 7.22. The second-order valence-corrected chi connectivity index (χ2v) is 9.72. The van der Waals surface area contributed by atoms with E-state index in [1.807, 2.05) is 12.1 Å². The Balaban J connectivity index is 1.42. The molecule has 0 heterocycles. The molecule has 6 heteroatoms. The fourth-order valence-electron chi connectivity index (χ4n) is 5.22. The van der Waals surface area contributed by atoms with Crippen LogP contribution in [0.25, 0.3) is 22.3 Å². The molecule has 0 unspecified atom stereocenters. The first-order valence-electron chi connectivity index (χ1n) is 12.7. The van der Waals surface area contributed by atoms with Crippen LogP contribution < -0.4 is 4.74 Å². The highest BCUT2D eigenvalue weighted by Crippen LogP contribution is 2.39. The topological polar surface area (TPSA) is 9.23 Å². The molecule has 0 radical (unpaired) electrons. The number of hydrogen-bond acceptors (Lipinski definition) is 1. The molecule has 1 nitrogen and oxygen atoms in total. The average Bonchev–Trinajstić information content (AvgIpc) is 2.85. The smallest absolute Gasteiger partial charge is 0.403 e. The van der Waals surface area contributed by atoms with E-state index >= 15 is 0 Å². The minimum Gasteiger partial charge on any atom is -0.403 e. The van der Waals surface area contributed by atoms with Crippen molar-refractivity contribution < 1.29 is 26.7 Å². The Morgan fingerprint density at radius 1 is 0.750 bits per heavy atom. The first-order valence-corrected chi connectivity index (χ1v) is 12.7. The summed E-state index contributed by atoms with van der Waals surface area (Å²) >= 11 is 0. The molecule has 1 aliphatic rings. The highest BCUT2D eigenvalue weighted by Gasteiger charge is 2.32. The summed E-state index contributed by atoms with van der Waals surface area (Å²) in [5.74, 6) is -1.32. The first-order chi connectivity index (χ1) is 17.2. The molecule has 3 aromatic carbocycles. The molecule has 192 valence electrons. The Morgan fingerprint density at radius 2 is 1.39 bits per heavy atom. The average molecular weight is 503 g/mol. The standard InChI is InChI=1S/C30H31F5O/c1-2-3-4-5-20-6-8-21(9-7-20)22-10-12-23(13-11-22)24-14-16-26(27(31)18-24)25-15-17-29(28(32)19-25)36-30(33,34)35/h10-21H,2-9H2,1H3. The second-order valence-electron chi connectivity index (χ2n) is 9.72. The van der Waals surface area contributed by atoms with Crippen molar-refractivity contribution in [3.8, 4) is 28.0 Å². The zero-order valence-corrected chi connectivity index (χ0v) is 20.4. The van der Waals surface area contributed by atoms with E-state index in [4.69, 9.17) is 0 Å². The van der Waals surface area contributed by atoms with Crippen LogP contribution in [-0.2, 0) is 0 Å². The lowest BCUT2D eigenvalue weighted by molar-refractivity contribution is -0.275. The number of hydrogen-bond donors (Lipinski definition) is 0. The Kier molecular flexibility index (Phi) is 8.32. The van der Waals surface area contributed by atoms with Gasteiger partial charge >= 0.3 is 6.36 Å². The number of ether oxygens (including phenoxy) is 1. The zero-order valence-electron chi connectivity index (χ0n) is 20.4. The maximum atomic E-state index is 14.9. The second kappa shape index (κ2) is 11.4. The lowest BCUT2D eigenvalue weighted by Gasteiger charge is -2.29. The molecule has 0 aromatic heterocycles. The number of halogens is 5. The van der Waals surface area contributed by atoms with Crippen LogP contribution in [0.15, 0.2) is 60.7 Å². The van der Waals surface area contributed by atoms with Crippen LogP contribution in [0.2, 0.25) is 0 Å². The van der Waals surface area contributed by atoms with Crippen LogP contribution in [0.3, 0.4) is 0 Å². The van der Waals surface area contributed by atoms with Crippen molar-refractivity contribution in [1.29, 1.82) is 0 Å². The minimum atomic E-state index is -5.00. The van der Waals surface area contributed by atoms with Crippen LogP contribution >= 0.6 is 0 Å². The summed E-state index contributed by atoms with van der Waals surface area (Å²) in [6.45, 7) is 2.24. The molecule has 1 saturated carbocycles. The predicted molar refractivity (Wildman–Crippen MR) is 133 cm³/mol. The molecule has 0 amide bonds. The largest absolute Gasteiger partial charge is 0.573 e. The van der Waals surface area contributed by atoms with Gasteiger partial charge < -0.3 is 4.74 Å². The van der Waals surface area contributed by atoms with E-state index in [0.717, 1.165) is 23.6 Å². The van der Waals surface area contributed by atoms with Gasteiger partial charge in [-0.25, -0.2) is 8.78 Å². The molecule has 1 aliphatic carbocycles. The summed E-state index contributed by atoms with van der Waals surface area (Å²) in [5.41, 5.74) is 3.10. The van der Waals surface area contributed by atoms with Crippen LogP contribution in [0.4, 0.5) is 22.0 Å². The van der Waals surface area contributed by atoms with Gasteiger partial charge in [-0.05, 0) is 78.0 Å². The van der Waals surface area contributed by atoms with Crippen LogP contribution in [0, 0.1) is 17.6 Å². The van der Waals surface area contributed by atoms with Gasteiger partial charge in [-0.3, -0.25) is 0 Å². The molecule has 3 aromatic rings. The first kappa shape index (κ1) is 26.2. The molecule has 0 bridgehead atoms. The van der Waals surface area contributed by atoms with Gasteiger partial charge in [0.05, 0.1) is 0 Å². The maximum absolute atomic E-state index is 14.9. The molecule has 0 atom stereocenters. The summed E-state index contributed by atoms with van der Waals surface area (Å²) in [5, 5.41) is 0. The van der Waals surface area contributed by atoms with Crippen molar-refractivity contribution in [1.82, 2.24) is 0 Å². The Labute approximate surface area is 209 Å². The Morgan fingerprint density at radius 3 is 2.00 bits per heavy atom. The van der Waals surface area contributed by atoms with Gasteiger partial charge in [-0.2, -0.15) is 0 Å². The normalized spacial score (nSPS) is 18.3. The van der Waals surface area contributed by atoms with E-state index in [-0.39, 0.29) is 11.1 Å². The molecule has 4 rings (SSSR count). The fraction of sp³-hybridized carbons (Fsp3) is 0.400. The summed E-state index contributed by atoms with van der Waals surface area (Å²) in [6.07, 6.45) is 5.26. The quantitative estimate of drug-likeness (QED) is 0.220. The van der Waals surface area contributed by atoms with Gasteiger partial charge in [0, 0.05) is 5.56 Å².